The largest absolute Gasteiger partial charge is 0.455 e. The first kappa shape index (κ1) is 18.9. The normalized spacial score (nSPS) is 11.7. The maximum atomic E-state index is 6.36. The minimum absolute atomic E-state index is 0.640. The average molecular weight is 418 g/mol. The third-order valence-corrected chi connectivity index (χ3v) is 6.25. The van der Waals surface area contributed by atoms with Gasteiger partial charge in [0.1, 0.15) is 16.7 Å². The van der Waals surface area contributed by atoms with Crippen LogP contribution in [0.2, 0.25) is 0 Å². The molecule has 2 aromatic heterocycles. The summed E-state index contributed by atoms with van der Waals surface area (Å²) in [5.41, 5.74) is 9.40. The number of fused-ring (bicyclic) bond motifs is 4. The summed E-state index contributed by atoms with van der Waals surface area (Å²) in [4.78, 5) is 4.62. The highest BCUT2D eigenvalue weighted by Gasteiger charge is 2.15. The minimum Gasteiger partial charge on any atom is -0.455 e. The van der Waals surface area contributed by atoms with E-state index in [1.165, 1.54) is 21.9 Å². The van der Waals surface area contributed by atoms with Crippen LogP contribution < -0.4 is 0 Å². The van der Waals surface area contributed by atoms with Gasteiger partial charge in [-0.15, -0.1) is 0 Å². The number of aryl methyl sites for hydroxylation is 2. The van der Waals surface area contributed by atoms with Gasteiger partial charge < -0.3 is 8.83 Å². The van der Waals surface area contributed by atoms with Gasteiger partial charge in [0.25, 0.3) is 0 Å². The quantitative estimate of drug-likeness (QED) is 0.290. The molecule has 0 saturated carbocycles. The maximum absolute atomic E-state index is 6.36. The summed E-state index contributed by atoms with van der Waals surface area (Å²) >= 11 is 0. The molecule has 0 aliphatic rings. The van der Waals surface area contributed by atoms with Gasteiger partial charge in [0.05, 0.1) is 0 Å². The third-order valence-electron chi connectivity index (χ3n) is 6.25. The van der Waals surface area contributed by atoms with E-state index in [1.807, 2.05) is 24.3 Å². The van der Waals surface area contributed by atoms with Gasteiger partial charge in [-0.1, -0.05) is 44.2 Å². The Morgan fingerprint density at radius 2 is 1.41 bits per heavy atom. The van der Waals surface area contributed by atoms with E-state index in [0.717, 1.165) is 51.8 Å². The van der Waals surface area contributed by atoms with Gasteiger partial charge in [-0.3, -0.25) is 0 Å². The molecule has 0 fully saturated rings. The molecule has 0 spiro atoms. The van der Waals surface area contributed by atoms with Crippen LogP contribution in [0, 0.1) is 0 Å². The summed E-state index contributed by atoms with van der Waals surface area (Å²) in [5.74, 6) is 0.640. The average Bonchev–Trinajstić information content (AvgIpc) is 3.44. The summed E-state index contributed by atoms with van der Waals surface area (Å²) in [7, 11) is 0. The van der Waals surface area contributed by atoms with E-state index in [2.05, 4.69) is 73.4 Å². The number of furan rings is 1. The Morgan fingerprint density at radius 1 is 0.656 bits per heavy atom. The molecule has 0 unspecified atom stereocenters. The van der Waals surface area contributed by atoms with Crippen LogP contribution >= 0.6 is 0 Å². The second-order valence-electron chi connectivity index (χ2n) is 8.22. The second kappa shape index (κ2) is 7.38. The highest BCUT2D eigenvalue weighted by atomic mass is 16.3. The molecule has 0 N–H and O–H groups in total. The van der Waals surface area contributed by atoms with Gasteiger partial charge in [-0.2, -0.15) is 0 Å². The molecule has 0 saturated heterocycles. The van der Waals surface area contributed by atoms with E-state index in [9.17, 15) is 0 Å². The number of benzene rings is 4. The Balaban J connectivity index is 1.49. The lowest BCUT2D eigenvalue weighted by Crippen LogP contribution is -1.86. The minimum atomic E-state index is 0.640. The predicted octanol–water partition coefficient (Wildman–Crippen LogP) is 8.19. The number of hydrogen-bond donors (Lipinski definition) is 0. The van der Waals surface area contributed by atoms with E-state index >= 15 is 0 Å². The molecule has 32 heavy (non-hydrogen) atoms. The number of aromatic nitrogens is 1. The first-order valence-electron chi connectivity index (χ1n) is 11.2. The van der Waals surface area contributed by atoms with Crippen molar-refractivity contribution >= 4 is 33.0 Å². The Kier molecular flexibility index (Phi) is 4.36. The molecule has 3 nitrogen and oxygen atoms in total. The van der Waals surface area contributed by atoms with E-state index in [4.69, 9.17) is 8.83 Å². The first-order chi connectivity index (χ1) is 15.7. The molecule has 0 amide bonds. The summed E-state index contributed by atoms with van der Waals surface area (Å²) in [5, 5.41) is 2.38. The zero-order valence-corrected chi connectivity index (χ0v) is 18.2. The van der Waals surface area contributed by atoms with E-state index in [1.54, 1.807) is 0 Å². The summed E-state index contributed by atoms with van der Waals surface area (Å²) in [6.07, 6.45) is 1.99. The third kappa shape index (κ3) is 3.01. The van der Waals surface area contributed by atoms with Gasteiger partial charge in [0.2, 0.25) is 5.89 Å². The highest BCUT2D eigenvalue weighted by molar-refractivity contribution is 6.10. The molecule has 6 rings (SSSR count). The van der Waals surface area contributed by atoms with E-state index in [0.29, 0.717) is 5.89 Å². The van der Waals surface area contributed by atoms with Crippen LogP contribution in [0.5, 0.6) is 0 Å². The number of oxazole rings is 1. The van der Waals surface area contributed by atoms with E-state index < -0.39 is 0 Å². The molecular weight excluding hydrogens is 394 g/mol. The van der Waals surface area contributed by atoms with Crippen molar-refractivity contribution in [3.63, 3.8) is 0 Å². The van der Waals surface area contributed by atoms with E-state index in [-0.39, 0.29) is 0 Å². The number of rotatable bonds is 4. The number of para-hydroxylation sites is 2. The number of nitrogens with zero attached hydrogens (tertiary/aromatic N) is 1. The lowest BCUT2D eigenvalue weighted by atomic mass is 9.97. The molecule has 0 aliphatic carbocycles. The molecule has 0 radical (unpaired) electrons. The van der Waals surface area contributed by atoms with Crippen molar-refractivity contribution in [2.75, 3.05) is 0 Å². The number of hydrogen-bond acceptors (Lipinski definition) is 3. The van der Waals surface area contributed by atoms with Crippen LogP contribution in [0.15, 0.2) is 87.7 Å². The Bertz CT molecular complexity index is 1550. The van der Waals surface area contributed by atoms with Gasteiger partial charge in [0.15, 0.2) is 5.58 Å². The van der Waals surface area contributed by atoms with Crippen LogP contribution in [-0.2, 0) is 12.8 Å². The summed E-state index contributed by atoms with van der Waals surface area (Å²) in [6.45, 7) is 4.38. The van der Waals surface area contributed by atoms with Gasteiger partial charge >= 0.3 is 0 Å². The smallest absolute Gasteiger partial charge is 0.227 e. The molecule has 0 atom stereocenters. The van der Waals surface area contributed by atoms with Crippen molar-refractivity contribution in [3.05, 3.63) is 90.0 Å². The molecule has 6 aromatic rings. The van der Waals surface area contributed by atoms with Gasteiger partial charge in [-0.05, 0) is 78.1 Å². The fourth-order valence-corrected chi connectivity index (χ4v) is 4.41. The zero-order valence-electron chi connectivity index (χ0n) is 18.2. The SMILES string of the molecule is CCc1ccc2oc3c(-c4ccc(-c5nc6ccccc6o5)cc4)cc(CC)cc3c2c1. The fourth-order valence-electron chi connectivity index (χ4n) is 4.41. The van der Waals surface area contributed by atoms with Crippen molar-refractivity contribution in [3.8, 4) is 22.6 Å². The molecule has 3 heteroatoms. The molecule has 156 valence electrons. The molecule has 0 aliphatic heterocycles. The van der Waals surface area contributed by atoms with Crippen molar-refractivity contribution < 1.29 is 8.83 Å². The topological polar surface area (TPSA) is 39.2 Å². The second-order valence-corrected chi connectivity index (χ2v) is 8.22. The molecule has 4 aromatic carbocycles. The van der Waals surface area contributed by atoms with Crippen molar-refractivity contribution in [2.24, 2.45) is 0 Å². The van der Waals surface area contributed by atoms with Crippen LogP contribution in [-0.4, -0.2) is 4.98 Å². The highest BCUT2D eigenvalue weighted by Crippen LogP contribution is 2.38. The molecular formula is C29H23NO2. The van der Waals surface area contributed by atoms with Crippen LogP contribution in [0.25, 0.3) is 55.6 Å². The monoisotopic (exact) mass is 417 g/mol. The van der Waals surface area contributed by atoms with Crippen LogP contribution in [0.1, 0.15) is 25.0 Å². The first-order valence-corrected chi connectivity index (χ1v) is 11.2. The van der Waals surface area contributed by atoms with Crippen molar-refractivity contribution in [1.82, 2.24) is 4.98 Å². The molecule has 2 heterocycles. The van der Waals surface area contributed by atoms with Gasteiger partial charge in [-0.25, -0.2) is 4.98 Å². The van der Waals surface area contributed by atoms with Crippen molar-refractivity contribution in [2.45, 2.75) is 26.7 Å². The Labute approximate surface area is 186 Å². The standard InChI is InChI=1S/C29H23NO2/c1-3-18-9-14-26-23(15-18)24-17-19(4-2)16-22(28(24)31-26)20-10-12-21(13-11-20)29-30-25-7-5-6-8-27(25)32-29/h5-17H,3-4H2,1-2H3. The Morgan fingerprint density at radius 3 is 2.19 bits per heavy atom. The Hall–Kier alpha value is -3.85. The zero-order chi connectivity index (χ0) is 21.7. The predicted molar refractivity (Wildman–Crippen MR) is 131 cm³/mol. The fraction of sp³-hybridized carbons (Fsp3) is 0.138. The van der Waals surface area contributed by atoms with Crippen molar-refractivity contribution in [1.29, 1.82) is 0 Å². The van der Waals surface area contributed by atoms with Gasteiger partial charge in [0, 0.05) is 21.9 Å². The lowest BCUT2D eigenvalue weighted by Gasteiger charge is -2.07. The lowest BCUT2D eigenvalue weighted by molar-refractivity contribution is 0.620. The van der Waals surface area contributed by atoms with Crippen LogP contribution in [0.4, 0.5) is 0 Å². The van der Waals surface area contributed by atoms with Crippen LogP contribution in [0.3, 0.4) is 0 Å². The summed E-state index contributed by atoms with van der Waals surface area (Å²) < 4.78 is 12.3. The maximum Gasteiger partial charge on any atom is 0.227 e. The molecule has 0 bridgehead atoms. The summed E-state index contributed by atoms with van der Waals surface area (Å²) in [6, 6.07) is 27.3.